The number of benzene rings is 1. The van der Waals surface area contributed by atoms with Gasteiger partial charge in [0.25, 0.3) is 0 Å². The molecular formula is C19H20N4O. The van der Waals surface area contributed by atoms with E-state index in [-0.39, 0.29) is 6.10 Å². The van der Waals surface area contributed by atoms with Crippen LogP contribution >= 0.6 is 0 Å². The first-order chi connectivity index (χ1) is 11.9. The van der Waals surface area contributed by atoms with Gasteiger partial charge in [-0.2, -0.15) is 0 Å². The Morgan fingerprint density at radius 1 is 1.04 bits per heavy atom. The predicted octanol–water partition coefficient (Wildman–Crippen LogP) is 3.10. The third-order valence-corrected chi connectivity index (χ3v) is 5.38. The Labute approximate surface area is 140 Å². The fourth-order valence-corrected chi connectivity index (χ4v) is 4.03. The van der Waals surface area contributed by atoms with Crippen molar-refractivity contribution in [2.75, 3.05) is 19.6 Å². The van der Waals surface area contributed by atoms with E-state index in [1.54, 1.807) is 0 Å². The number of nitrogens with one attached hydrogen (secondary N) is 1. The number of aromatic amines is 1. The average Bonchev–Trinajstić information content (AvgIpc) is 3.12. The summed E-state index contributed by atoms with van der Waals surface area (Å²) in [7, 11) is 0. The van der Waals surface area contributed by atoms with Gasteiger partial charge in [0.05, 0.1) is 5.69 Å². The zero-order valence-electron chi connectivity index (χ0n) is 13.5. The van der Waals surface area contributed by atoms with Crippen molar-refractivity contribution in [3.05, 3.63) is 42.6 Å². The Morgan fingerprint density at radius 2 is 1.96 bits per heavy atom. The zero-order valence-corrected chi connectivity index (χ0v) is 13.5. The highest BCUT2D eigenvalue weighted by atomic mass is 16.5. The second kappa shape index (κ2) is 5.60. The number of hydrogen-bond acceptors (Lipinski definition) is 4. The van der Waals surface area contributed by atoms with Crippen LogP contribution in [0.1, 0.15) is 12.8 Å². The second-order valence-electron chi connectivity index (χ2n) is 6.80. The Hall–Kier alpha value is -2.40. The van der Waals surface area contributed by atoms with E-state index in [1.165, 1.54) is 25.9 Å². The Balaban J connectivity index is 1.38. The molecule has 1 N–H and O–H groups in total. The van der Waals surface area contributed by atoms with Gasteiger partial charge in [-0.25, -0.2) is 0 Å². The summed E-state index contributed by atoms with van der Waals surface area (Å²) < 4.78 is 6.13. The fraction of sp³-hybridized carbons (Fsp3) is 0.368. The highest BCUT2D eigenvalue weighted by Gasteiger charge is 2.35. The molecule has 122 valence electrons. The minimum absolute atomic E-state index is 0.265. The van der Waals surface area contributed by atoms with Crippen LogP contribution in [-0.4, -0.2) is 45.8 Å². The molecule has 1 aromatic carbocycles. The van der Waals surface area contributed by atoms with Crippen LogP contribution in [0.15, 0.2) is 42.6 Å². The van der Waals surface area contributed by atoms with E-state index < -0.39 is 0 Å². The summed E-state index contributed by atoms with van der Waals surface area (Å²) in [4.78, 5) is 5.72. The molecule has 0 radical (unpaired) electrons. The minimum atomic E-state index is 0.265. The van der Waals surface area contributed by atoms with Gasteiger partial charge in [0.15, 0.2) is 0 Å². The van der Waals surface area contributed by atoms with Crippen LogP contribution in [0.5, 0.6) is 5.88 Å². The SMILES string of the molecule is c1cc(-c2ccc(OC3CN4CCC3CC4)nn2)c2cc[nH]c2c1. The van der Waals surface area contributed by atoms with Crippen LogP contribution in [0.4, 0.5) is 0 Å². The Kier molecular flexibility index (Phi) is 3.26. The largest absolute Gasteiger partial charge is 0.472 e. The molecule has 5 nitrogen and oxygen atoms in total. The van der Waals surface area contributed by atoms with Gasteiger partial charge >= 0.3 is 0 Å². The summed E-state index contributed by atoms with van der Waals surface area (Å²) in [6, 6.07) is 12.2. The molecule has 3 aliphatic heterocycles. The zero-order chi connectivity index (χ0) is 15.9. The summed E-state index contributed by atoms with van der Waals surface area (Å²) in [5, 5.41) is 9.89. The second-order valence-corrected chi connectivity index (χ2v) is 6.80. The molecule has 2 aromatic heterocycles. The maximum Gasteiger partial charge on any atom is 0.233 e. The number of rotatable bonds is 3. The quantitative estimate of drug-likeness (QED) is 0.806. The first-order valence-electron chi connectivity index (χ1n) is 8.66. The van der Waals surface area contributed by atoms with Crippen molar-refractivity contribution >= 4 is 10.9 Å². The van der Waals surface area contributed by atoms with Gasteiger partial charge in [-0.15, -0.1) is 10.2 Å². The van der Waals surface area contributed by atoms with Gasteiger partial charge in [0.1, 0.15) is 6.10 Å². The summed E-state index contributed by atoms with van der Waals surface area (Å²) in [6.07, 6.45) is 4.70. The van der Waals surface area contributed by atoms with Crippen LogP contribution < -0.4 is 4.74 Å². The molecule has 0 spiro atoms. The molecule has 3 aliphatic rings. The Morgan fingerprint density at radius 3 is 2.71 bits per heavy atom. The monoisotopic (exact) mass is 320 g/mol. The summed E-state index contributed by atoms with van der Waals surface area (Å²) in [5.74, 6) is 1.31. The molecule has 6 rings (SSSR count). The normalized spacial score (nSPS) is 25.9. The molecule has 3 aromatic rings. The van der Waals surface area contributed by atoms with Crippen LogP contribution in [0.3, 0.4) is 0 Å². The minimum Gasteiger partial charge on any atom is -0.472 e. The van der Waals surface area contributed by atoms with E-state index in [4.69, 9.17) is 4.74 Å². The molecule has 0 amide bonds. The molecule has 3 saturated heterocycles. The molecular weight excluding hydrogens is 300 g/mol. The van der Waals surface area contributed by atoms with E-state index in [0.29, 0.717) is 11.8 Å². The maximum atomic E-state index is 6.13. The van der Waals surface area contributed by atoms with E-state index in [2.05, 4.69) is 38.3 Å². The lowest BCUT2D eigenvalue weighted by Gasteiger charge is -2.44. The molecule has 24 heavy (non-hydrogen) atoms. The van der Waals surface area contributed by atoms with Crippen LogP contribution in [0.25, 0.3) is 22.2 Å². The van der Waals surface area contributed by atoms with Crippen molar-refractivity contribution < 1.29 is 4.74 Å². The summed E-state index contributed by atoms with van der Waals surface area (Å²) >= 11 is 0. The van der Waals surface area contributed by atoms with Crippen LogP contribution in [0.2, 0.25) is 0 Å². The van der Waals surface area contributed by atoms with Crippen molar-refractivity contribution in [1.29, 1.82) is 0 Å². The van der Waals surface area contributed by atoms with E-state index in [9.17, 15) is 0 Å². The molecule has 0 aliphatic carbocycles. The van der Waals surface area contributed by atoms with E-state index >= 15 is 0 Å². The Bertz CT molecular complexity index is 849. The number of fused-ring (bicyclic) bond motifs is 4. The van der Waals surface area contributed by atoms with Gasteiger partial charge in [-0.1, -0.05) is 12.1 Å². The highest BCUT2D eigenvalue weighted by molar-refractivity contribution is 5.93. The average molecular weight is 320 g/mol. The van der Waals surface area contributed by atoms with Gasteiger partial charge in [-0.05, 0) is 50.0 Å². The van der Waals surface area contributed by atoms with Crippen LogP contribution in [-0.2, 0) is 0 Å². The smallest absolute Gasteiger partial charge is 0.233 e. The van der Waals surface area contributed by atoms with Gasteiger partial charge in [0.2, 0.25) is 5.88 Å². The van der Waals surface area contributed by atoms with E-state index in [1.807, 2.05) is 24.4 Å². The number of H-pyrrole nitrogens is 1. The third-order valence-electron chi connectivity index (χ3n) is 5.38. The maximum absolute atomic E-state index is 6.13. The molecule has 1 unspecified atom stereocenters. The standard InChI is InChI=1S/C19H20N4O/c1-2-14(15-6-9-20-16(15)3-1)17-4-5-19(22-21-17)24-18-12-23-10-7-13(18)8-11-23/h1-6,9,13,18,20H,7-8,10-12H2. The summed E-state index contributed by atoms with van der Waals surface area (Å²) in [6.45, 7) is 3.46. The van der Waals surface area contributed by atoms with Crippen molar-refractivity contribution in [2.45, 2.75) is 18.9 Å². The fourth-order valence-electron chi connectivity index (χ4n) is 4.03. The molecule has 3 fully saturated rings. The molecule has 2 bridgehead atoms. The lowest BCUT2D eigenvalue weighted by molar-refractivity contribution is -0.0103. The van der Waals surface area contributed by atoms with Crippen molar-refractivity contribution in [1.82, 2.24) is 20.1 Å². The van der Waals surface area contributed by atoms with Gasteiger partial charge in [-0.3, -0.25) is 4.90 Å². The number of hydrogen-bond donors (Lipinski definition) is 1. The van der Waals surface area contributed by atoms with Crippen LogP contribution in [0, 0.1) is 5.92 Å². The topological polar surface area (TPSA) is 54.0 Å². The predicted molar refractivity (Wildman–Crippen MR) is 92.9 cm³/mol. The summed E-state index contributed by atoms with van der Waals surface area (Å²) in [5.41, 5.74) is 3.08. The van der Waals surface area contributed by atoms with Gasteiger partial charge < -0.3 is 9.72 Å². The van der Waals surface area contributed by atoms with Gasteiger partial charge in [0, 0.05) is 35.3 Å². The first-order valence-corrected chi connectivity index (χ1v) is 8.66. The molecule has 1 atom stereocenters. The van der Waals surface area contributed by atoms with Crippen molar-refractivity contribution in [3.8, 4) is 17.1 Å². The molecule has 0 saturated carbocycles. The number of ether oxygens (including phenoxy) is 1. The highest BCUT2D eigenvalue weighted by Crippen LogP contribution is 2.31. The molecule has 5 heterocycles. The first kappa shape index (κ1) is 14.0. The number of aromatic nitrogens is 3. The lowest BCUT2D eigenvalue weighted by atomic mass is 9.86. The lowest BCUT2D eigenvalue weighted by Crippen LogP contribution is -2.52. The van der Waals surface area contributed by atoms with E-state index in [0.717, 1.165) is 28.7 Å². The molecule has 5 heteroatoms. The van der Waals surface area contributed by atoms with Crippen molar-refractivity contribution in [3.63, 3.8) is 0 Å². The van der Waals surface area contributed by atoms with Crippen molar-refractivity contribution in [2.24, 2.45) is 5.92 Å². The number of piperidine rings is 3. The third kappa shape index (κ3) is 2.36. The number of nitrogens with zero attached hydrogens (tertiary/aromatic N) is 3.